The summed E-state index contributed by atoms with van der Waals surface area (Å²) in [5.74, 6) is 1.96. The van der Waals surface area contributed by atoms with Crippen LogP contribution in [0.1, 0.15) is 50.7 Å². The van der Waals surface area contributed by atoms with Gasteiger partial charge >= 0.3 is 0 Å². The maximum absolute atomic E-state index is 8.71. The molecule has 0 saturated heterocycles. The van der Waals surface area contributed by atoms with Gasteiger partial charge in [0.25, 0.3) is 0 Å². The third kappa shape index (κ3) is 5.70. The summed E-state index contributed by atoms with van der Waals surface area (Å²) in [6, 6.07) is 6.40. The standard InChI is InChI=1S/C16H27NO2.ClH/c1-12(2)14-6-5-7-15(13(3)4)16(14)19-11-9-17-8-10-18;/h5-7,12-13,17-18H,8-11H2,1-4H3;1H. The van der Waals surface area contributed by atoms with Crippen LogP contribution in [-0.4, -0.2) is 31.4 Å². The van der Waals surface area contributed by atoms with Crippen molar-refractivity contribution >= 4 is 12.4 Å². The minimum atomic E-state index is 0. The molecule has 0 aliphatic carbocycles. The minimum Gasteiger partial charge on any atom is -0.492 e. The lowest BCUT2D eigenvalue weighted by atomic mass is 9.94. The summed E-state index contributed by atoms with van der Waals surface area (Å²) in [6.45, 7) is 10.9. The fraction of sp³-hybridized carbons (Fsp3) is 0.625. The summed E-state index contributed by atoms with van der Waals surface area (Å²) in [5.41, 5.74) is 2.54. The highest BCUT2D eigenvalue weighted by atomic mass is 35.5. The van der Waals surface area contributed by atoms with Gasteiger partial charge in [-0.2, -0.15) is 0 Å². The number of hydrogen-bond acceptors (Lipinski definition) is 3. The van der Waals surface area contributed by atoms with Crippen LogP contribution in [0.3, 0.4) is 0 Å². The molecule has 4 heteroatoms. The van der Waals surface area contributed by atoms with Crippen molar-refractivity contribution in [3.63, 3.8) is 0 Å². The number of ether oxygens (including phenoxy) is 1. The van der Waals surface area contributed by atoms with Crippen molar-refractivity contribution in [2.45, 2.75) is 39.5 Å². The van der Waals surface area contributed by atoms with Crippen molar-refractivity contribution in [2.75, 3.05) is 26.3 Å². The highest BCUT2D eigenvalue weighted by Crippen LogP contribution is 2.34. The van der Waals surface area contributed by atoms with Crippen molar-refractivity contribution in [1.29, 1.82) is 0 Å². The van der Waals surface area contributed by atoms with Crippen molar-refractivity contribution in [3.05, 3.63) is 29.3 Å². The Balaban J connectivity index is 0.00000361. The minimum absolute atomic E-state index is 0. The molecule has 0 heterocycles. The van der Waals surface area contributed by atoms with Gasteiger partial charge in [0.2, 0.25) is 0 Å². The Morgan fingerprint density at radius 1 is 1.05 bits per heavy atom. The average Bonchev–Trinajstić information content (AvgIpc) is 2.38. The third-order valence-corrected chi connectivity index (χ3v) is 3.13. The summed E-state index contributed by atoms with van der Waals surface area (Å²) in [7, 11) is 0. The van der Waals surface area contributed by atoms with E-state index in [9.17, 15) is 0 Å². The number of nitrogens with one attached hydrogen (secondary N) is 1. The first-order valence-electron chi connectivity index (χ1n) is 7.15. The topological polar surface area (TPSA) is 41.5 Å². The Labute approximate surface area is 129 Å². The molecule has 0 atom stereocenters. The molecule has 0 unspecified atom stereocenters. The lowest BCUT2D eigenvalue weighted by Gasteiger charge is -2.20. The first kappa shape index (κ1) is 19.2. The number of aliphatic hydroxyl groups is 1. The molecule has 0 fully saturated rings. The molecule has 1 rings (SSSR count). The van der Waals surface area contributed by atoms with E-state index in [1.807, 2.05) is 0 Å². The van der Waals surface area contributed by atoms with Crippen LogP contribution in [0.25, 0.3) is 0 Å². The maximum Gasteiger partial charge on any atom is 0.126 e. The van der Waals surface area contributed by atoms with Crippen molar-refractivity contribution in [3.8, 4) is 5.75 Å². The number of benzene rings is 1. The summed E-state index contributed by atoms with van der Waals surface area (Å²) >= 11 is 0. The van der Waals surface area contributed by atoms with Gasteiger partial charge < -0.3 is 15.2 Å². The molecule has 116 valence electrons. The van der Waals surface area contributed by atoms with E-state index in [4.69, 9.17) is 9.84 Å². The number of aliphatic hydroxyl groups excluding tert-OH is 1. The first-order chi connectivity index (χ1) is 9.07. The Hall–Kier alpha value is -0.770. The maximum atomic E-state index is 8.71. The van der Waals surface area contributed by atoms with Crippen LogP contribution in [0, 0.1) is 0 Å². The van der Waals surface area contributed by atoms with Crippen LogP contribution in [0.5, 0.6) is 5.75 Å². The second-order valence-electron chi connectivity index (χ2n) is 5.40. The van der Waals surface area contributed by atoms with Crippen LogP contribution >= 0.6 is 12.4 Å². The predicted molar refractivity (Wildman–Crippen MR) is 87.3 cm³/mol. The van der Waals surface area contributed by atoms with Crippen LogP contribution in [-0.2, 0) is 0 Å². The Morgan fingerprint density at radius 2 is 1.60 bits per heavy atom. The summed E-state index contributed by atoms with van der Waals surface area (Å²) in [4.78, 5) is 0. The second-order valence-corrected chi connectivity index (χ2v) is 5.40. The lowest BCUT2D eigenvalue weighted by molar-refractivity contribution is 0.273. The van der Waals surface area contributed by atoms with Gasteiger partial charge in [-0.1, -0.05) is 45.9 Å². The molecule has 1 aromatic carbocycles. The van der Waals surface area contributed by atoms with Crippen LogP contribution in [0.4, 0.5) is 0 Å². The largest absolute Gasteiger partial charge is 0.492 e. The van der Waals surface area contributed by atoms with E-state index in [-0.39, 0.29) is 19.0 Å². The van der Waals surface area contributed by atoms with E-state index in [1.54, 1.807) is 0 Å². The van der Waals surface area contributed by atoms with Crippen LogP contribution in [0.15, 0.2) is 18.2 Å². The smallest absolute Gasteiger partial charge is 0.126 e. The van der Waals surface area contributed by atoms with Gasteiger partial charge in [-0.05, 0) is 23.0 Å². The van der Waals surface area contributed by atoms with E-state index in [2.05, 4.69) is 51.2 Å². The van der Waals surface area contributed by atoms with Gasteiger partial charge in [0.05, 0.1) is 6.61 Å². The van der Waals surface area contributed by atoms with Crippen molar-refractivity contribution in [2.24, 2.45) is 0 Å². The van der Waals surface area contributed by atoms with Gasteiger partial charge in [0.15, 0.2) is 0 Å². The third-order valence-electron chi connectivity index (χ3n) is 3.13. The van der Waals surface area contributed by atoms with Crippen molar-refractivity contribution in [1.82, 2.24) is 5.32 Å². The van der Waals surface area contributed by atoms with Crippen molar-refractivity contribution < 1.29 is 9.84 Å². The molecule has 0 spiro atoms. The van der Waals surface area contributed by atoms with E-state index >= 15 is 0 Å². The normalized spacial score (nSPS) is 10.8. The van der Waals surface area contributed by atoms with E-state index in [1.165, 1.54) is 11.1 Å². The number of rotatable bonds is 8. The molecule has 0 aromatic heterocycles. The molecular weight excluding hydrogens is 274 g/mol. The molecule has 0 aliphatic rings. The Kier molecular flexibility index (Phi) is 9.64. The highest BCUT2D eigenvalue weighted by Gasteiger charge is 2.14. The van der Waals surface area contributed by atoms with E-state index in [0.717, 1.165) is 12.3 Å². The molecule has 0 radical (unpaired) electrons. The Morgan fingerprint density at radius 3 is 2.05 bits per heavy atom. The number of hydrogen-bond donors (Lipinski definition) is 2. The van der Waals surface area contributed by atoms with Crippen LogP contribution < -0.4 is 10.1 Å². The quantitative estimate of drug-likeness (QED) is 0.724. The Bertz CT molecular complexity index is 354. The molecule has 0 bridgehead atoms. The molecule has 0 aliphatic heterocycles. The zero-order valence-electron chi connectivity index (χ0n) is 13.0. The summed E-state index contributed by atoms with van der Waals surface area (Å²) in [5, 5.41) is 11.8. The summed E-state index contributed by atoms with van der Waals surface area (Å²) in [6.07, 6.45) is 0. The fourth-order valence-electron chi connectivity index (χ4n) is 2.08. The van der Waals surface area contributed by atoms with Gasteiger partial charge in [-0.3, -0.25) is 0 Å². The lowest BCUT2D eigenvalue weighted by Crippen LogP contribution is -2.24. The molecular formula is C16H28ClNO2. The average molecular weight is 302 g/mol. The zero-order valence-corrected chi connectivity index (χ0v) is 13.8. The number of para-hydroxylation sites is 1. The van der Waals surface area contributed by atoms with Gasteiger partial charge in [0.1, 0.15) is 12.4 Å². The molecule has 0 saturated carbocycles. The monoisotopic (exact) mass is 301 g/mol. The zero-order chi connectivity index (χ0) is 14.3. The molecule has 0 amide bonds. The van der Waals surface area contributed by atoms with Gasteiger partial charge in [-0.15, -0.1) is 12.4 Å². The molecule has 20 heavy (non-hydrogen) atoms. The highest BCUT2D eigenvalue weighted by molar-refractivity contribution is 5.85. The predicted octanol–water partition coefficient (Wildman–Crippen LogP) is 3.32. The van der Waals surface area contributed by atoms with E-state index < -0.39 is 0 Å². The molecule has 1 aromatic rings. The second kappa shape index (κ2) is 10.0. The van der Waals surface area contributed by atoms with Gasteiger partial charge in [0, 0.05) is 13.1 Å². The SMILES string of the molecule is CC(C)c1cccc(C(C)C)c1OCCNCCO.Cl. The first-order valence-corrected chi connectivity index (χ1v) is 7.15. The fourth-order valence-corrected chi connectivity index (χ4v) is 2.08. The molecule has 2 N–H and O–H groups in total. The summed E-state index contributed by atoms with van der Waals surface area (Å²) < 4.78 is 5.99. The van der Waals surface area contributed by atoms with Crippen LogP contribution in [0.2, 0.25) is 0 Å². The van der Waals surface area contributed by atoms with E-state index in [0.29, 0.717) is 25.0 Å². The van der Waals surface area contributed by atoms with Gasteiger partial charge in [-0.25, -0.2) is 0 Å². The molecule has 3 nitrogen and oxygen atoms in total. The number of halogens is 1.